The maximum atomic E-state index is 12.8. The molecule has 0 saturated heterocycles. The third-order valence-corrected chi connectivity index (χ3v) is 7.03. The zero-order valence-electron chi connectivity index (χ0n) is 21.9. The normalized spacial score (nSPS) is 15.7. The van der Waals surface area contributed by atoms with E-state index in [-0.39, 0.29) is 11.4 Å². The SMILES string of the molecule is COc1cc(C=C2C(=N)N3N=C(Cc4ccccc4)SC3=NC2=O)ccc1OCCOc1ccc(C)cc1C. The molecule has 0 spiro atoms. The molecule has 5 rings (SSSR count). The van der Waals surface area contributed by atoms with Gasteiger partial charge in [-0.3, -0.25) is 10.2 Å². The number of hydrogen-bond donors (Lipinski definition) is 1. The first-order chi connectivity index (χ1) is 18.9. The second-order valence-electron chi connectivity index (χ2n) is 9.05. The van der Waals surface area contributed by atoms with Gasteiger partial charge in [-0.1, -0.05) is 54.1 Å². The predicted octanol–water partition coefficient (Wildman–Crippen LogP) is 5.63. The Bertz CT molecular complexity index is 1510. The van der Waals surface area contributed by atoms with E-state index >= 15 is 0 Å². The maximum Gasteiger partial charge on any atom is 0.283 e. The van der Waals surface area contributed by atoms with Gasteiger partial charge in [-0.05, 0) is 66.6 Å². The van der Waals surface area contributed by atoms with E-state index in [2.05, 4.69) is 16.2 Å². The lowest BCUT2D eigenvalue weighted by atomic mass is 10.1. The lowest BCUT2D eigenvalue weighted by Crippen LogP contribution is -2.35. The first kappa shape index (κ1) is 26.2. The molecule has 3 aromatic carbocycles. The second-order valence-corrected chi connectivity index (χ2v) is 10.1. The van der Waals surface area contributed by atoms with Crippen LogP contribution in [0.15, 0.2) is 82.4 Å². The summed E-state index contributed by atoms with van der Waals surface area (Å²) < 4.78 is 17.3. The molecule has 2 aliphatic rings. The Morgan fingerprint density at radius 3 is 2.44 bits per heavy atom. The predicted molar refractivity (Wildman–Crippen MR) is 155 cm³/mol. The number of fused-ring (bicyclic) bond motifs is 1. The quantitative estimate of drug-likeness (QED) is 0.279. The molecular formula is C30H28N4O4S. The van der Waals surface area contributed by atoms with Crippen molar-refractivity contribution in [3.8, 4) is 17.2 Å². The van der Waals surface area contributed by atoms with Crippen LogP contribution in [0.5, 0.6) is 17.2 Å². The highest BCUT2D eigenvalue weighted by atomic mass is 32.2. The summed E-state index contributed by atoms with van der Waals surface area (Å²) >= 11 is 1.31. The molecule has 0 bridgehead atoms. The zero-order chi connectivity index (χ0) is 27.4. The number of amides is 1. The molecule has 0 fully saturated rings. The fourth-order valence-electron chi connectivity index (χ4n) is 4.20. The van der Waals surface area contributed by atoms with E-state index in [1.54, 1.807) is 31.4 Å². The van der Waals surface area contributed by atoms with Gasteiger partial charge < -0.3 is 14.2 Å². The summed E-state index contributed by atoms with van der Waals surface area (Å²) in [4.78, 5) is 17.0. The van der Waals surface area contributed by atoms with Crippen LogP contribution in [-0.4, -0.2) is 47.3 Å². The molecule has 0 unspecified atom stereocenters. The molecule has 9 heteroatoms. The smallest absolute Gasteiger partial charge is 0.283 e. The Morgan fingerprint density at radius 1 is 0.949 bits per heavy atom. The Hall–Kier alpha value is -4.37. The highest BCUT2D eigenvalue weighted by Crippen LogP contribution is 2.32. The number of benzene rings is 3. The van der Waals surface area contributed by atoms with Crippen molar-refractivity contribution in [2.75, 3.05) is 20.3 Å². The molecule has 0 aromatic heterocycles. The van der Waals surface area contributed by atoms with Crippen LogP contribution in [0.2, 0.25) is 0 Å². The Kier molecular flexibility index (Phi) is 7.79. The molecule has 1 amide bonds. The van der Waals surface area contributed by atoms with Crippen molar-refractivity contribution in [1.29, 1.82) is 5.41 Å². The summed E-state index contributed by atoms with van der Waals surface area (Å²) in [6.07, 6.45) is 2.23. The first-order valence-corrected chi connectivity index (χ1v) is 13.3. The average molecular weight is 541 g/mol. The summed E-state index contributed by atoms with van der Waals surface area (Å²) in [7, 11) is 1.56. The summed E-state index contributed by atoms with van der Waals surface area (Å²) in [6, 6.07) is 21.3. The van der Waals surface area contributed by atoms with Gasteiger partial charge in [0.15, 0.2) is 17.3 Å². The fraction of sp³-hybridized carbons (Fsp3) is 0.200. The van der Waals surface area contributed by atoms with Crippen LogP contribution < -0.4 is 14.2 Å². The molecule has 198 valence electrons. The molecule has 39 heavy (non-hydrogen) atoms. The monoisotopic (exact) mass is 540 g/mol. The summed E-state index contributed by atoms with van der Waals surface area (Å²) in [5.41, 5.74) is 4.20. The van der Waals surface area contributed by atoms with E-state index in [9.17, 15) is 4.79 Å². The van der Waals surface area contributed by atoms with Crippen molar-refractivity contribution < 1.29 is 19.0 Å². The minimum atomic E-state index is -0.474. The van der Waals surface area contributed by atoms with Gasteiger partial charge in [0.1, 0.15) is 24.0 Å². The number of nitrogens with one attached hydrogen (secondary N) is 1. The Morgan fingerprint density at radius 2 is 1.69 bits per heavy atom. The minimum Gasteiger partial charge on any atom is -0.493 e. The van der Waals surface area contributed by atoms with Crippen molar-refractivity contribution in [2.24, 2.45) is 10.1 Å². The minimum absolute atomic E-state index is 0.0107. The second kappa shape index (κ2) is 11.6. The van der Waals surface area contributed by atoms with E-state index in [1.807, 2.05) is 56.3 Å². The standard InChI is InChI=1S/C30H28N4O4S/c1-19-9-11-24(20(2)15-19)37-13-14-38-25-12-10-22(17-26(25)36-3)16-23-28(31)34-30(32-29(23)35)39-27(33-34)18-21-7-5-4-6-8-21/h4-12,15-17,31H,13-14,18H2,1-3H3. The van der Waals surface area contributed by atoms with E-state index in [0.717, 1.165) is 21.9 Å². The van der Waals surface area contributed by atoms with E-state index in [4.69, 9.17) is 19.6 Å². The summed E-state index contributed by atoms with van der Waals surface area (Å²) in [5, 5.41) is 15.8. The van der Waals surface area contributed by atoms with Gasteiger partial charge in [0.2, 0.25) is 5.17 Å². The molecule has 2 heterocycles. The van der Waals surface area contributed by atoms with Crippen molar-refractivity contribution in [3.63, 3.8) is 0 Å². The van der Waals surface area contributed by atoms with Gasteiger partial charge in [0.25, 0.3) is 5.91 Å². The Labute approximate surface area is 231 Å². The fourth-order valence-corrected chi connectivity index (χ4v) is 5.12. The number of nitrogens with zero attached hydrogens (tertiary/aromatic N) is 3. The number of aryl methyl sites for hydroxylation is 2. The van der Waals surface area contributed by atoms with Crippen LogP contribution >= 0.6 is 11.8 Å². The number of rotatable bonds is 9. The van der Waals surface area contributed by atoms with Crippen molar-refractivity contribution in [3.05, 3.63) is 94.6 Å². The lowest BCUT2D eigenvalue weighted by Gasteiger charge is -2.20. The van der Waals surface area contributed by atoms with Crippen LogP contribution in [0.4, 0.5) is 0 Å². The van der Waals surface area contributed by atoms with E-state index < -0.39 is 5.91 Å². The number of carbonyl (C=O) groups is 1. The number of hydrazone groups is 1. The van der Waals surface area contributed by atoms with Gasteiger partial charge in [-0.15, -0.1) is 0 Å². The third-order valence-electron chi connectivity index (χ3n) is 6.12. The van der Waals surface area contributed by atoms with Gasteiger partial charge in [-0.2, -0.15) is 15.1 Å². The van der Waals surface area contributed by atoms with Crippen LogP contribution in [0.3, 0.4) is 0 Å². The number of amidine groups is 2. The van der Waals surface area contributed by atoms with Gasteiger partial charge in [0.05, 0.1) is 12.7 Å². The van der Waals surface area contributed by atoms with Crippen LogP contribution in [0.25, 0.3) is 6.08 Å². The number of methoxy groups -OCH3 is 1. The molecule has 2 aliphatic heterocycles. The Balaban J connectivity index is 1.25. The number of carbonyl (C=O) groups excluding carboxylic acids is 1. The topological polar surface area (TPSA) is 96.6 Å². The average Bonchev–Trinajstić information content (AvgIpc) is 3.33. The van der Waals surface area contributed by atoms with Gasteiger partial charge >= 0.3 is 0 Å². The molecule has 0 saturated carbocycles. The molecule has 1 N–H and O–H groups in total. The van der Waals surface area contributed by atoms with Crippen molar-refractivity contribution >= 4 is 39.8 Å². The number of ether oxygens (including phenoxy) is 3. The van der Waals surface area contributed by atoms with E-state index in [1.165, 1.54) is 22.3 Å². The zero-order valence-corrected chi connectivity index (χ0v) is 22.7. The molecule has 0 radical (unpaired) electrons. The maximum absolute atomic E-state index is 12.8. The van der Waals surface area contributed by atoms with Crippen LogP contribution in [0.1, 0.15) is 22.3 Å². The molecular weight excluding hydrogens is 512 g/mol. The molecule has 8 nitrogen and oxygen atoms in total. The molecule has 3 aromatic rings. The highest BCUT2D eigenvalue weighted by Gasteiger charge is 2.35. The number of aliphatic imine (C=N–C) groups is 1. The van der Waals surface area contributed by atoms with E-state index in [0.29, 0.717) is 41.9 Å². The van der Waals surface area contributed by atoms with Crippen LogP contribution in [-0.2, 0) is 11.2 Å². The van der Waals surface area contributed by atoms with Crippen LogP contribution in [0, 0.1) is 19.3 Å². The molecule has 0 atom stereocenters. The summed E-state index contributed by atoms with van der Waals surface area (Å²) in [5.74, 6) is 1.41. The lowest BCUT2D eigenvalue weighted by molar-refractivity contribution is -0.114. The first-order valence-electron chi connectivity index (χ1n) is 12.4. The summed E-state index contributed by atoms with van der Waals surface area (Å²) in [6.45, 7) is 4.78. The van der Waals surface area contributed by atoms with Crippen molar-refractivity contribution in [1.82, 2.24) is 5.01 Å². The number of hydrogen-bond acceptors (Lipinski definition) is 7. The number of thioether (sulfide) groups is 1. The van der Waals surface area contributed by atoms with Gasteiger partial charge in [0, 0.05) is 6.42 Å². The largest absolute Gasteiger partial charge is 0.493 e. The molecule has 0 aliphatic carbocycles. The highest BCUT2D eigenvalue weighted by molar-refractivity contribution is 8.26. The van der Waals surface area contributed by atoms with Crippen molar-refractivity contribution in [2.45, 2.75) is 20.3 Å². The van der Waals surface area contributed by atoms with Gasteiger partial charge in [-0.25, -0.2) is 0 Å². The third kappa shape index (κ3) is 6.04.